The van der Waals surface area contributed by atoms with Gasteiger partial charge in [0.2, 0.25) is 0 Å². The van der Waals surface area contributed by atoms with Gasteiger partial charge in [-0.25, -0.2) is 0 Å². The summed E-state index contributed by atoms with van der Waals surface area (Å²) in [4.78, 5) is 1.43. The van der Waals surface area contributed by atoms with Crippen LogP contribution in [0.5, 0.6) is 0 Å². The molecule has 0 fully saturated rings. The van der Waals surface area contributed by atoms with Crippen molar-refractivity contribution in [2.45, 2.75) is 12.5 Å². The maximum Gasteiger partial charge on any atom is 0.176 e. The minimum absolute atomic E-state index is 0.145. The van der Waals surface area contributed by atoms with E-state index in [4.69, 9.17) is 5.73 Å². The molecule has 1 heterocycles. The minimum Gasteiger partial charge on any atom is -0.324 e. The van der Waals surface area contributed by atoms with Gasteiger partial charge in [-0.2, -0.15) is 4.80 Å². The molecule has 0 bridgehead atoms. The topological polar surface area (TPSA) is 69.6 Å². The molecular formula is C10H11Br2N5. The average molecular weight is 361 g/mol. The highest BCUT2D eigenvalue weighted by atomic mass is 79.9. The molecule has 1 unspecified atom stereocenters. The first kappa shape index (κ1) is 12.7. The van der Waals surface area contributed by atoms with E-state index in [1.165, 1.54) is 4.80 Å². The molecule has 0 aliphatic rings. The molecule has 5 nitrogen and oxygen atoms in total. The van der Waals surface area contributed by atoms with Crippen molar-refractivity contribution in [2.24, 2.45) is 12.8 Å². The predicted molar refractivity (Wildman–Crippen MR) is 71.3 cm³/mol. The van der Waals surface area contributed by atoms with Crippen molar-refractivity contribution < 1.29 is 0 Å². The molecule has 0 amide bonds. The number of tetrazole rings is 1. The van der Waals surface area contributed by atoms with E-state index in [1.54, 1.807) is 7.05 Å². The number of aromatic nitrogens is 4. The lowest BCUT2D eigenvalue weighted by Crippen LogP contribution is -2.14. The molecule has 1 aromatic heterocycles. The van der Waals surface area contributed by atoms with Gasteiger partial charge in [0, 0.05) is 21.4 Å². The van der Waals surface area contributed by atoms with Crippen LogP contribution in [0.15, 0.2) is 27.1 Å². The Labute approximate surface area is 116 Å². The Kier molecular flexibility index (Phi) is 3.90. The smallest absolute Gasteiger partial charge is 0.176 e. The van der Waals surface area contributed by atoms with Crippen molar-refractivity contribution >= 4 is 31.9 Å². The predicted octanol–water partition coefficient (Wildman–Crippen LogP) is 1.98. The molecule has 0 saturated heterocycles. The number of halogens is 2. The van der Waals surface area contributed by atoms with Crippen molar-refractivity contribution in [2.75, 3.05) is 0 Å². The van der Waals surface area contributed by atoms with Crippen LogP contribution in [0.2, 0.25) is 0 Å². The molecule has 0 spiro atoms. The Balaban J connectivity index is 2.16. The normalized spacial score (nSPS) is 12.7. The molecular weight excluding hydrogens is 350 g/mol. The number of rotatable bonds is 3. The van der Waals surface area contributed by atoms with Crippen LogP contribution in [-0.2, 0) is 13.5 Å². The fraction of sp³-hybridized carbons (Fsp3) is 0.300. The second kappa shape index (κ2) is 5.24. The number of aryl methyl sites for hydroxylation is 1. The van der Waals surface area contributed by atoms with Crippen LogP contribution in [0.3, 0.4) is 0 Å². The second-order valence-corrected chi connectivity index (χ2v) is 5.54. The molecule has 2 rings (SSSR count). The number of nitrogens with zero attached hydrogens (tertiary/aromatic N) is 4. The van der Waals surface area contributed by atoms with Crippen LogP contribution in [0.25, 0.3) is 0 Å². The summed E-state index contributed by atoms with van der Waals surface area (Å²) in [6.07, 6.45) is 0.566. The largest absolute Gasteiger partial charge is 0.324 e. The third kappa shape index (κ3) is 3.34. The van der Waals surface area contributed by atoms with Gasteiger partial charge in [-0.05, 0) is 29.0 Å². The van der Waals surface area contributed by atoms with E-state index >= 15 is 0 Å². The lowest BCUT2D eigenvalue weighted by Gasteiger charge is -2.10. The number of hydrogen-bond acceptors (Lipinski definition) is 4. The van der Waals surface area contributed by atoms with Gasteiger partial charge >= 0.3 is 0 Å². The van der Waals surface area contributed by atoms with E-state index in [0.29, 0.717) is 12.2 Å². The van der Waals surface area contributed by atoms with Gasteiger partial charge in [-0.1, -0.05) is 31.9 Å². The van der Waals surface area contributed by atoms with Gasteiger partial charge in [0.25, 0.3) is 0 Å². The highest BCUT2D eigenvalue weighted by Gasteiger charge is 2.12. The van der Waals surface area contributed by atoms with E-state index in [0.717, 1.165) is 14.5 Å². The average Bonchev–Trinajstić information content (AvgIpc) is 2.62. The molecule has 1 atom stereocenters. The quantitative estimate of drug-likeness (QED) is 0.908. The highest BCUT2D eigenvalue weighted by Crippen LogP contribution is 2.24. The first-order valence-corrected chi connectivity index (χ1v) is 6.57. The summed E-state index contributed by atoms with van der Waals surface area (Å²) < 4.78 is 1.98. The Bertz CT molecular complexity index is 505. The summed E-state index contributed by atoms with van der Waals surface area (Å²) in [5, 5.41) is 11.8. The lowest BCUT2D eigenvalue weighted by atomic mass is 10.0. The Morgan fingerprint density at radius 3 is 2.47 bits per heavy atom. The first-order chi connectivity index (χ1) is 8.04. The summed E-state index contributed by atoms with van der Waals surface area (Å²) in [6.45, 7) is 0. The second-order valence-electron chi connectivity index (χ2n) is 3.71. The van der Waals surface area contributed by atoms with Crippen LogP contribution in [-0.4, -0.2) is 20.2 Å². The maximum atomic E-state index is 6.12. The van der Waals surface area contributed by atoms with Gasteiger partial charge < -0.3 is 5.73 Å². The third-order valence-electron chi connectivity index (χ3n) is 2.27. The Morgan fingerprint density at radius 2 is 1.94 bits per heavy atom. The van der Waals surface area contributed by atoms with Crippen molar-refractivity contribution in [3.05, 3.63) is 38.5 Å². The molecule has 7 heteroatoms. The van der Waals surface area contributed by atoms with E-state index < -0.39 is 0 Å². The van der Waals surface area contributed by atoms with Crippen molar-refractivity contribution in [1.29, 1.82) is 0 Å². The molecule has 0 saturated carbocycles. The van der Waals surface area contributed by atoms with Crippen molar-refractivity contribution in [3.8, 4) is 0 Å². The van der Waals surface area contributed by atoms with Crippen molar-refractivity contribution in [3.63, 3.8) is 0 Å². The highest BCUT2D eigenvalue weighted by molar-refractivity contribution is 9.11. The van der Waals surface area contributed by atoms with Crippen LogP contribution in [0.1, 0.15) is 17.4 Å². The summed E-state index contributed by atoms with van der Waals surface area (Å²) in [5.74, 6) is 0.649. The summed E-state index contributed by atoms with van der Waals surface area (Å²) >= 11 is 6.88. The zero-order valence-corrected chi connectivity index (χ0v) is 12.3. The summed E-state index contributed by atoms with van der Waals surface area (Å²) in [7, 11) is 1.73. The molecule has 0 radical (unpaired) electrons. The number of nitrogens with two attached hydrogens (primary N) is 1. The van der Waals surface area contributed by atoms with Gasteiger partial charge in [0.1, 0.15) is 0 Å². The van der Waals surface area contributed by atoms with Gasteiger partial charge in [0.05, 0.1) is 7.05 Å². The molecule has 2 aromatic rings. The molecule has 0 aliphatic carbocycles. The molecule has 0 aliphatic heterocycles. The standard InChI is InChI=1S/C10H11Br2N5/c1-17-15-10(14-16-17)5-9(13)6-2-7(11)4-8(12)3-6/h2-4,9H,5,13H2,1H3. The zero-order valence-electron chi connectivity index (χ0n) is 9.14. The molecule has 2 N–H and O–H groups in total. The van der Waals surface area contributed by atoms with Crippen LogP contribution < -0.4 is 5.73 Å². The monoisotopic (exact) mass is 359 g/mol. The third-order valence-corrected chi connectivity index (χ3v) is 3.18. The van der Waals surface area contributed by atoms with Gasteiger partial charge in [-0.3, -0.25) is 0 Å². The molecule has 90 valence electrons. The lowest BCUT2D eigenvalue weighted by molar-refractivity contribution is 0.622. The zero-order chi connectivity index (χ0) is 12.4. The summed E-state index contributed by atoms with van der Waals surface area (Å²) in [5.41, 5.74) is 7.14. The Hall–Kier alpha value is -0.790. The number of hydrogen-bond donors (Lipinski definition) is 1. The van der Waals surface area contributed by atoms with E-state index in [1.807, 2.05) is 18.2 Å². The summed E-state index contributed by atoms with van der Waals surface area (Å²) in [6, 6.07) is 5.81. The number of benzene rings is 1. The van der Waals surface area contributed by atoms with Crippen molar-refractivity contribution in [1.82, 2.24) is 20.2 Å². The maximum absolute atomic E-state index is 6.12. The first-order valence-electron chi connectivity index (χ1n) is 4.99. The van der Waals surface area contributed by atoms with E-state index in [2.05, 4.69) is 47.3 Å². The van der Waals surface area contributed by atoms with Crippen LogP contribution in [0.4, 0.5) is 0 Å². The molecule has 1 aromatic carbocycles. The van der Waals surface area contributed by atoms with Gasteiger partial charge in [-0.15, -0.1) is 10.2 Å². The fourth-order valence-electron chi connectivity index (χ4n) is 1.51. The van der Waals surface area contributed by atoms with E-state index in [9.17, 15) is 0 Å². The SMILES string of the molecule is Cn1nnc(CC(N)c2cc(Br)cc(Br)c2)n1. The van der Waals surface area contributed by atoms with Gasteiger partial charge in [0.15, 0.2) is 5.82 Å². The molecule has 17 heavy (non-hydrogen) atoms. The minimum atomic E-state index is -0.145. The van der Waals surface area contributed by atoms with E-state index in [-0.39, 0.29) is 6.04 Å². The Morgan fingerprint density at radius 1 is 1.29 bits per heavy atom. The fourth-order valence-corrected chi connectivity index (χ4v) is 2.84. The van der Waals surface area contributed by atoms with Crippen LogP contribution in [0, 0.1) is 0 Å². The van der Waals surface area contributed by atoms with Crippen LogP contribution >= 0.6 is 31.9 Å².